The smallest absolute Gasteiger partial charge is 0.0713 e. The highest BCUT2D eigenvalue weighted by atomic mass is 16.5. The zero-order chi connectivity index (χ0) is 9.90. The van der Waals surface area contributed by atoms with E-state index in [1.54, 1.807) is 7.11 Å². The van der Waals surface area contributed by atoms with Crippen molar-refractivity contribution in [2.45, 2.75) is 26.0 Å². The predicted molar refractivity (Wildman–Crippen MR) is 54.4 cm³/mol. The minimum atomic E-state index is -0.258. The van der Waals surface area contributed by atoms with Gasteiger partial charge in [0.05, 0.1) is 6.61 Å². The van der Waals surface area contributed by atoms with E-state index in [-0.39, 0.29) is 5.54 Å². The lowest BCUT2D eigenvalue weighted by Gasteiger charge is -2.19. The van der Waals surface area contributed by atoms with Crippen LogP contribution in [0.3, 0.4) is 0 Å². The second-order valence-electron chi connectivity index (χ2n) is 3.85. The van der Waals surface area contributed by atoms with E-state index in [0.717, 1.165) is 5.56 Å². The van der Waals surface area contributed by atoms with Crippen molar-refractivity contribution in [3.05, 3.63) is 35.4 Å². The summed E-state index contributed by atoms with van der Waals surface area (Å²) in [6, 6.07) is 8.20. The lowest BCUT2D eigenvalue weighted by atomic mass is 9.95. The van der Waals surface area contributed by atoms with E-state index in [4.69, 9.17) is 10.5 Å². The molecule has 0 fully saturated rings. The Morgan fingerprint density at radius 3 is 2.15 bits per heavy atom. The van der Waals surface area contributed by atoms with Crippen molar-refractivity contribution in [2.75, 3.05) is 7.11 Å². The molecular formula is C11H17NO. The van der Waals surface area contributed by atoms with Crippen LogP contribution < -0.4 is 5.73 Å². The number of methoxy groups -OCH3 is 1. The van der Waals surface area contributed by atoms with E-state index in [9.17, 15) is 0 Å². The van der Waals surface area contributed by atoms with Gasteiger partial charge in [-0.15, -0.1) is 0 Å². The molecule has 1 aromatic rings. The molecule has 0 atom stereocenters. The molecule has 0 aliphatic carbocycles. The zero-order valence-electron chi connectivity index (χ0n) is 8.50. The molecule has 0 spiro atoms. The monoisotopic (exact) mass is 179 g/mol. The molecule has 0 bridgehead atoms. The highest BCUT2D eigenvalue weighted by Gasteiger charge is 2.12. The fourth-order valence-electron chi connectivity index (χ4n) is 1.20. The van der Waals surface area contributed by atoms with E-state index in [1.165, 1.54) is 5.56 Å². The Morgan fingerprint density at radius 1 is 1.23 bits per heavy atom. The van der Waals surface area contributed by atoms with Crippen LogP contribution in [0.2, 0.25) is 0 Å². The second kappa shape index (κ2) is 3.90. The van der Waals surface area contributed by atoms with Crippen molar-refractivity contribution in [2.24, 2.45) is 5.73 Å². The van der Waals surface area contributed by atoms with Gasteiger partial charge in [-0.3, -0.25) is 0 Å². The SMILES string of the molecule is COCc1ccc(C(C)(C)N)cc1. The van der Waals surface area contributed by atoms with Gasteiger partial charge in [0.2, 0.25) is 0 Å². The first-order valence-electron chi connectivity index (χ1n) is 4.41. The molecule has 2 nitrogen and oxygen atoms in total. The third-order valence-corrected chi connectivity index (χ3v) is 2.01. The highest BCUT2D eigenvalue weighted by molar-refractivity contribution is 5.26. The molecule has 0 aliphatic rings. The molecule has 13 heavy (non-hydrogen) atoms. The summed E-state index contributed by atoms with van der Waals surface area (Å²) in [4.78, 5) is 0. The van der Waals surface area contributed by atoms with Gasteiger partial charge in [-0.1, -0.05) is 24.3 Å². The summed E-state index contributed by atoms with van der Waals surface area (Å²) in [7, 11) is 1.70. The van der Waals surface area contributed by atoms with Gasteiger partial charge >= 0.3 is 0 Å². The van der Waals surface area contributed by atoms with Gasteiger partial charge in [0.15, 0.2) is 0 Å². The van der Waals surface area contributed by atoms with Gasteiger partial charge in [-0.25, -0.2) is 0 Å². The van der Waals surface area contributed by atoms with Crippen molar-refractivity contribution in [3.8, 4) is 0 Å². The Morgan fingerprint density at radius 2 is 1.77 bits per heavy atom. The molecule has 1 aromatic carbocycles. The third kappa shape index (κ3) is 2.83. The first kappa shape index (κ1) is 10.2. The van der Waals surface area contributed by atoms with Crippen LogP contribution in [-0.2, 0) is 16.9 Å². The molecule has 0 saturated heterocycles. The van der Waals surface area contributed by atoms with Crippen molar-refractivity contribution in [1.82, 2.24) is 0 Å². The predicted octanol–water partition coefficient (Wildman–Crippen LogP) is 2.03. The quantitative estimate of drug-likeness (QED) is 0.770. The van der Waals surface area contributed by atoms with Crippen LogP contribution in [0.4, 0.5) is 0 Å². The van der Waals surface area contributed by atoms with Gasteiger partial charge in [0, 0.05) is 12.6 Å². The zero-order valence-corrected chi connectivity index (χ0v) is 8.50. The van der Waals surface area contributed by atoms with E-state index in [0.29, 0.717) is 6.61 Å². The molecule has 72 valence electrons. The molecule has 0 heterocycles. The molecule has 0 aliphatic heterocycles. The van der Waals surface area contributed by atoms with Crippen LogP contribution in [0.15, 0.2) is 24.3 Å². The topological polar surface area (TPSA) is 35.2 Å². The van der Waals surface area contributed by atoms with Gasteiger partial charge in [-0.05, 0) is 25.0 Å². The fourth-order valence-corrected chi connectivity index (χ4v) is 1.20. The van der Waals surface area contributed by atoms with Crippen LogP contribution in [0.5, 0.6) is 0 Å². The number of benzene rings is 1. The largest absolute Gasteiger partial charge is 0.380 e. The van der Waals surface area contributed by atoms with Crippen LogP contribution in [0, 0.1) is 0 Å². The van der Waals surface area contributed by atoms with Crippen LogP contribution in [0.25, 0.3) is 0 Å². The van der Waals surface area contributed by atoms with Gasteiger partial charge in [0.1, 0.15) is 0 Å². The second-order valence-corrected chi connectivity index (χ2v) is 3.85. The summed E-state index contributed by atoms with van der Waals surface area (Å²) in [5, 5.41) is 0. The lowest BCUT2D eigenvalue weighted by molar-refractivity contribution is 0.185. The third-order valence-electron chi connectivity index (χ3n) is 2.01. The molecule has 0 unspecified atom stereocenters. The average Bonchev–Trinajstić information content (AvgIpc) is 2.04. The first-order chi connectivity index (χ1) is 6.04. The summed E-state index contributed by atoms with van der Waals surface area (Å²) < 4.78 is 5.02. The molecule has 0 radical (unpaired) electrons. The molecule has 0 amide bonds. The molecule has 2 heteroatoms. The van der Waals surface area contributed by atoms with Crippen molar-refractivity contribution in [3.63, 3.8) is 0 Å². The summed E-state index contributed by atoms with van der Waals surface area (Å²) >= 11 is 0. The summed E-state index contributed by atoms with van der Waals surface area (Å²) in [6.07, 6.45) is 0. The number of hydrogen-bond donors (Lipinski definition) is 1. The molecular weight excluding hydrogens is 162 g/mol. The fraction of sp³-hybridized carbons (Fsp3) is 0.455. The number of nitrogens with two attached hydrogens (primary N) is 1. The summed E-state index contributed by atoms with van der Waals surface area (Å²) in [6.45, 7) is 4.65. The van der Waals surface area contributed by atoms with Gasteiger partial charge in [0.25, 0.3) is 0 Å². The average molecular weight is 179 g/mol. The molecule has 1 rings (SSSR count). The Labute approximate surface area is 79.7 Å². The van der Waals surface area contributed by atoms with E-state index in [1.807, 2.05) is 38.1 Å². The van der Waals surface area contributed by atoms with Gasteiger partial charge in [-0.2, -0.15) is 0 Å². The lowest BCUT2D eigenvalue weighted by Crippen LogP contribution is -2.28. The standard InChI is InChI=1S/C11H17NO/c1-11(2,12)10-6-4-9(5-7-10)8-13-3/h4-7H,8,12H2,1-3H3. The van der Waals surface area contributed by atoms with E-state index >= 15 is 0 Å². The van der Waals surface area contributed by atoms with Crippen LogP contribution in [0.1, 0.15) is 25.0 Å². The number of hydrogen-bond acceptors (Lipinski definition) is 2. The Bertz CT molecular complexity index is 258. The maximum absolute atomic E-state index is 5.95. The minimum Gasteiger partial charge on any atom is -0.380 e. The van der Waals surface area contributed by atoms with Crippen molar-refractivity contribution in [1.29, 1.82) is 0 Å². The van der Waals surface area contributed by atoms with Gasteiger partial charge < -0.3 is 10.5 Å². The van der Waals surface area contributed by atoms with E-state index in [2.05, 4.69) is 0 Å². The normalized spacial score (nSPS) is 11.7. The highest BCUT2D eigenvalue weighted by Crippen LogP contribution is 2.17. The first-order valence-corrected chi connectivity index (χ1v) is 4.41. The number of ether oxygens (including phenoxy) is 1. The van der Waals surface area contributed by atoms with E-state index < -0.39 is 0 Å². The Kier molecular flexibility index (Phi) is 3.07. The van der Waals surface area contributed by atoms with Crippen LogP contribution >= 0.6 is 0 Å². The van der Waals surface area contributed by atoms with Crippen molar-refractivity contribution < 1.29 is 4.74 Å². The van der Waals surface area contributed by atoms with Crippen molar-refractivity contribution >= 4 is 0 Å². The number of rotatable bonds is 3. The molecule has 2 N–H and O–H groups in total. The maximum atomic E-state index is 5.95. The van der Waals surface area contributed by atoms with Crippen LogP contribution in [-0.4, -0.2) is 7.11 Å². The Hall–Kier alpha value is -0.860. The maximum Gasteiger partial charge on any atom is 0.0713 e. The Balaban J connectivity index is 2.81. The summed E-state index contributed by atoms with van der Waals surface area (Å²) in [5.74, 6) is 0. The molecule has 0 aromatic heterocycles. The minimum absolute atomic E-state index is 0.258. The summed E-state index contributed by atoms with van der Waals surface area (Å²) in [5.41, 5.74) is 8.01. The molecule has 0 saturated carbocycles.